The van der Waals surface area contributed by atoms with E-state index in [1.807, 2.05) is 32.0 Å². The standard InChI is InChI=1S/C24H36N2O.C2H6/c1-6-20-10-9-11-21(15-20)16-26(17-22-12-7-8-13-24(22)27)23(14-19(2)3)18-25(4)5;1-2/h7-13,15,19,23,27H,6,14,16-18H2,1-5H3;1-2H3/t23-;/m0./s1. The van der Waals surface area contributed by atoms with Crippen molar-refractivity contribution in [2.24, 2.45) is 5.92 Å². The molecule has 0 aliphatic rings. The molecule has 1 atom stereocenters. The van der Waals surface area contributed by atoms with Gasteiger partial charge in [0.25, 0.3) is 0 Å². The number of aryl methyl sites for hydroxylation is 1. The van der Waals surface area contributed by atoms with Gasteiger partial charge < -0.3 is 10.0 Å². The van der Waals surface area contributed by atoms with Crippen LogP contribution in [0.25, 0.3) is 0 Å². The highest BCUT2D eigenvalue weighted by atomic mass is 16.3. The fourth-order valence-corrected chi connectivity index (χ4v) is 3.66. The van der Waals surface area contributed by atoms with Gasteiger partial charge in [-0.05, 0) is 50.0 Å². The maximum Gasteiger partial charge on any atom is 0.120 e. The number of phenols is 1. The summed E-state index contributed by atoms with van der Waals surface area (Å²) in [6.07, 6.45) is 2.19. The van der Waals surface area contributed by atoms with Crippen LogP contribution in [-0.4, -0.2) is 41.6 Å². The molecule has 0 radical (unpaired) electrons. The number of aromatic hydroxyl groups is 1. The third-order valence-corrected chi connectivity index (χ3v) is 4.99. The van der Waals surface area contributed by atoms with Crippen molar-refractivity contribution in [2.75, 3.05) is 20.6 Å². The van der Waals surface area contributed by atoms with Crippen molar-refractivity contribution in [2.45, 2.75) is 66.6 Å². The van der Waals surface area contributed by atoms with Crippen LogP contribution in [0, 0.1) is 5.92 Å². The average molecular weight is 399 g/mol. The first-order valence-corrected chi connectivity index (χ1v) is 11.1. The Labute approximate surface area is 179 Å². The van der Waals surface area contributed by atoms with Crippen LogP contribution in [0.2, 0.25) is 0 Å². The van der Waals surface area contributed by atoms with Gasteiger partial charge >= 0.3 is 0 Å². The van der Waals surface area contributed by atoms with Crippen LogP contribution in [0.5, 0.6) is 5.75 Å². The first-order valence-electron chi connectivity index (χ1n) is 11.1. The molecule has 2 rings (SSSR count). The van der Waals surface area contributed by atoms with E-state index in [9.17, 15) is 5.11 Å². The molecule has 29 heavy (non-hydrogen) atoms. The SMILES string of the molecule is CC.CCc1cccc(CN(Cc2ccccc2O)[C@@H](CC(C)C)CN(C)C)c1. The number of likely N-dealkylation sites (N-methyl/N-ethyl adjacent to an activating group) is 1. The van der Waals surface area contributed by atoms with E-state index in [0.717, 1.165) is 38.0 Å². The molecule has 3 nitrogen and oxygen atoms in total. The van der Waals surface area contributed by atoms with Crippen molar-refractivity contribution in [3.05, 3.63) is 65.2 Å². The van der Waals surface area contributed by atoms with E-state index in [1.54, 1.807) is 6.07 Å². The monoisotopic (exact) mass is 398 g/mol. The Balaban J connectivity index is 0.00000204. The van der Waals surface area contributed by atoms with Gasteiger partial charge in [0.05, 0.1) is 0 Å². The molecule has 1 N–H and O–H groups in total. The van der Waals surface area contributed by atoms with Gasteiger partial charge in [0.1, 0.15) is 5.75 Å². The number of nitrogens with zero attached hydrogens (tertiary/aromatic N) is 2. The Morgan fingerprint density at radius 3 is 2.14 bits per heavy atom. The molecule has 0 aliphatic carbocycles. The summed E-state index contributed by atoms with van der Waals surface area (Å²) in [6, 6.07) is 17.1. The fourth-order valence-electron chi connectivity index (χ4n) is 3.66. The number of rotatable bonds is 10. The first kappa shape index (κ1) is 25.2. The lowest BCUT2D eigenvalue weighted by Gasteiger charge is -2.35. The van der Waals surface area contributed by atoms with Gasteiger partial charge in [-0.1, -0.05) is 77.1 Å². The summed E-state index contributed by atoms with van der Waals surface area (Å²) in [4.78, 5) is 4.80. The van der Waals surface area contributed by atoms with Gasteiger partial charge in [0.15, 0.2) is 0 Å². The van der Waals surface area contributed by atoms with Crippen LogP contribution in [-0.2, 0) is 19.5 Å². The van der Waals surface area contributed by atoms with Crippen molar-refractivity contribution in [1.82, 2.24) is 9.80 Å². The van der Waals surface area contributed by atoms with Crippen LogP contribution in [0.15, 0.2) is 48.5 Å². The van der Waals surface area contributed by atoms with Crippen molar-refractivity contribution >= 4 is 0 Å². The molecule has 0 fully saturated rings. The minimum Gasteiger partial charge on any atom is -0.508 e. The summed E-state index contributed by atoms with van der Waals surface area (Å²) in [6.45, 7) is 13.4. The van der Waals surface area contributed by atoms with Gasteiger partial charge in [-0.3, -0.25) is 4.90 Å². The minimum absolute atomic E-state index is 0.387. The Kier molecular flexibility index (Phi) is 11.6. The third-order valence-electron chi connectivity index (χ3n) is 4.99. The summed E-state index contributed by atoms with van der Waals surface area (Å²) >= 11 is 0. The first-order chi connectivity index (χ1) is 13.9. The summed E-state index contributed by atoms with van der Waals surface area (Å²) in [5, 5.41) is 10.3. The molecule has 0 aromatic heterocycles. The van der Waals surface area contributed by atoms with Crippen molar-refractivity contribution in [3.8, 4) is 5.75 Å². The predicted octanol–water partition coefficient (Wildman–Crippen LogP) is 5.96. The molecule has 0 spiro atoms. The molecule has 0 saturated heterocycles. The zero-order valence-corrected chi connectivity index (χ0v) is 19.7. The van der Waals surface area contributed by atoms with Crippen molar-refractivity contribution < 1.29 is 5.11 Å². The van der Waals surface area contributed by atoms with Gasteiger partial charge in [-0.15, -0.1) is 0 Å². The smallest absolute Gasteiger partial charge is 0.120 e. The van der Waals surface area contributed by atoms with E-state index >= 15 is 0 Å². The zero-order chi connectivity index (χ0) is 21.8. The summed E-state index contributed by atoms with van der Waals surface area (Å²) < 4.78 is 0. The molecular weight excluding hydrogens is 356 g/mol. The zero-order valence-electron chi connectivity index (χ0n) is 19.7. The van der Waals surface area contributed by atoms with E-state index in [-0.39, 0.29) is 0 Å². The number of benzene rings is 2. The molecule has 0 heterocycles. The molecule has 3 heteroatoms. The van der Waals surface area contributed by atoms with E-state index in [1.165, 1.54) is 11.1 Å². The topological polar surface area (TPSA) is 26.7 Å². The Morgan fingerprint density at radius 2 is 1.55 bits per heavy atom. The highest BCUT2D eigenvalue weighted by Gasteiger charge is 2.22. The van der Waals surface area contributed by atoms with E-state index in [2.05, 4.69) is 68.9 Å². The molecule has 162 valence electrons. The van der Waals surface area contributed by atoms with Crippen molar-refractivity contribution in [3.63, 3.8) is 0 Å². The molecule has 0 unspecified atom stereocenters. The van der Waals surface area contributed by atoms with Gasteiger partial charge in [0, 0.05) is 31.2 Å². The van der Waals surface area contributed by atoms with E-state index in [4.69, 9.17) is 0 Å². The normalized spacial score (nSPS) is 12.2. The predicted molar refractivity (Wildman–Crippen MR) is 126 cm³/mol. The van der Waals surface area contributed by atoms with Crippen LogP contribution >= 0.6 is 0 Å². The fraction of sp³-hybridized carbons (Fsp3) is 0.538. The lowest BCUT2D eigenvalue weighted by molar-refractivity contribution is 0.126. The molecule has 0 amide bonds. The highest BCUT2D eigenvalue weighted by molar-refractivity contribution is 5.32. The summed E-state index contributed by atoms with van der Waals surface area (Å²) in [5.41, 5.74) is 3.72. The molecule has 0 bridgehead atoms. The van der Waals surface area contributed by atoms with Crippen molar-refractivity contribution in [1.29, 1.82) is 0 Å². The molecule has 0 saturated carbocycles. The lowest BCUT2D eigenvalue weighted by atomic mass is 9.99. The van der Waals surface area contributed by atoms with Gasteiger partial charge in [-0.2, -0.15) is 0 Å². The number of hydrogen-bond donors (Lipinski definition) is 1. The third kappa shape index (κ3) is 9.01. The Morgan fingerprint density at radius 1 is 0.897 bits per heavy atom. The molecular formula is C26H42N2O. The second-order valence-electron chi connectivity index (χ2n) is 8.25. The summed E-state index contributed by atoms with van der Waals surface area (Å²) in [7, 11) is 4.28. The maximum absolute atomic E-state index is 10.3. The van der Waals surface area contributed by atoms with Crippen LogP contribution < -0.4 is 0 Å². The second kappa shape index (κ2) is 13.4. The van der Waals surface area contributed by atoms with Crippen LogP contribution in [0.1, 0.15) is 57.7 Å². The maximum atomic E-state index is 10.3. The Hall–Kier alpha value is -1.84. The highest BCUT2D eigenvalue weighted by Crippen LogP contribution is 2.23. The number of para-hydroxylation sites is 1. The Bertz CT molecular complexity index is 687. The second-order valence-corrected chi connectivity index (χ2v) is 8.25. The molecule has 2 aromatic carbocycles. The number of hydrogen-bond acceptors (Lipinski definition) is 3. The lowest BCUT2D eigenvalue weighted by Crippen LogP contribution is -2.42. The molecule has 2 aromatic rings. The van der Waals surface area contributed by atoms with Crippen LogP contribution in [0.4, 0.5) is 0 Å². The molecule has 0 aliphatic heterocycles. The minimum atomic E-state index is 0.387. The van der Waals surface area contributed by atoms with Gasteiger partial charge in [-0.25, -0.2) is 0 Å². The average Bonchev–Trinajstić information content (AvgIpc) is 2.69. The number of phenolic OH excluding ortho intramolecular Hbond substituents is 1. The van der Waals surface area contributed by atoms with Gasteiger partial charge in [0.2, 0.25) is 0 Å². The van der Waals surface area contributed by atoms with E-state index in [0.29, 0.717) is 17.7 Å². The largest absolute Gasteiger partial charge is 0.508 e. The summed E-state index contributed by atoms with van der Waals surface area (Å²) in [5.74, 6) is 1.02. The van der Waals surface area contributed by atoms with E-state index < -0.39 is 0 Å². The quantitative estimate of drug-likeness (QED) is 0.535. The van der Waals surface area contributed by atoms with Crippen LogP contribution in [0.3, 0.4) is 0 Å².